The number of ether oxygens (including phenoxy) is 1. The molecule has 2 heterocycles. The standard InChI is InChI=1S/C16H14N2O3/c1-21-16(20)13-3-2-8-18-14(13)10-17-15(18)9-11-4-6-12(19)7-5-11/h2-8,10,19H,9H2,1H3. The Labute approximate surface area is 121 Å². The molecule has 2 aromatic heterocycles. The van der Waals surface area contributed by atoms with Crippen LogP contribution < -0.4 is 0 Å². The number of carbonyl (C=O) groups excluding carboxylic acids is 1. The zero-order valence-electron chi connectivity index (χ0n) is 11.5. The smallest absolute Gasteiger partial charge is 0.340 e. The first kappa shape index (κ1) is 13.2. The number of fused-ring (bicyclic) bond motifs is 1. The fourth-order valence-electron chi connectivity index (χ4n) is 2.29. The Morgan fingerprint density at radius 3 is 2.76 bits per heavy atom. The molecule has 0 atom stereocenters. The molecule has 0 fully saturated rings. The van der Waals surface area contributed by atoms with Crippen LogP contribution in [0.3, 0.4) is 0 Å². The van der Waals surface area contributed by atoms with Gasteiger partial charge in [-0.3, -0.25) is 0 Å². The van der Waals surface area contributed by atoms with Gasteiger partial charge in [0.25, 0.3) is 0 Å². The molecule has 0 radical (unpaired) electrons. The molecule has 0 bridgehead atoms. The van der Waals surface area contributed by atoms with Gasteiger partial charge >= 0.3 is 5.97 Å². The zero-order valence-corrected chi connectivity index (χ0v) is 11.5. The van der Waals surface area contributed by atoms with Crippen molar-refractivity contribution in [2.75, 3.05) is 7.11 Å². The molecule has 1 N–H and O–H groups in total. The Bertz CT molecular complexity index is 791. The second kappa shape index (κ2) is 5.28. The molecule has 0 amide bonds. The molecule has 5 nitrogen and oxygen atoms in total. The Balaban J connectivity index is 2.01. The number of hydrogen-bond donors (Lipinski definition) is 1. The summed E-state index contributed by atoms with van der Waals surface area (Å²) in [6.45, 7) is 0. The van der Waals surface area contributed by atoms with Crippen LogP contribution in [0, 0.1) is 0 Å². The summed E-state index contributed by atoms with van der Waals surface area (Å²) >= 11 is 0. The number of nitrogens with zero attached hydrogens (tertiary/aromatic N) is 2. The van der Waals surface area contributed by atoms with Crippen LogP contribution in [0.5, 0.6) is 5.75 Å². The average molecular weight is 282 g/mol. The number of phenols is 1. The van der Waals surface area contributed by atoms with Crippen molar-refractivity contribution >= 4 is 11.5 Å². The molecule has 0 spiro atoms. The molecule has 21 heavy (non-hydrogen) atoms. The fourth-order valence-corrected chi connectivity index (χ4v) is 2.29. The maximum atomic E-state index is 11.7. The van der Waals surface area contributed by atoms with Crippen molar-refractivity contribution in [3.8, 4) is 5.75 Å². The van der Waals surface area contributed by atoms with E-state index in [-0.39, 0.29) is 11.7 Å². The van der Waals surface area contributed by atoms with E-state index in [1.807, 2.05) is 22.7 Å². The van der Waals surface area contributed by atoms with E-state index < -0.39 is 0 Å². The molecule has 0 aliphatic carbocycles. The molecule has 0 aliphatic heterocycles. The number of methoxy groups -OCH3 is 1. The third-order valence-corrected chi connectivity index (χ3v) is 3.35. The summed E-state index contributed by atoms with van der Waals surface area (Å²) in [6, 6.07) is 10.5. The SMILES string of the molecule is COC(=O)c1cccn2c(Cc3ccc(O)cc3)ncc12. The highest BCUT2D eigenvalue weighted by Gasteiger charge is 2.13. The maximum Gasteiger partial charge on any atom is 0.340 e. The Morgan fingerprint density at radius 1 is 1.29 bits per heavy atom. The summed E-state index contributed by atoms with van der Waals surface area (Å²) in [5, 5.41) is 9.31. The van der Waals surface area contributed by atoms with Gasteiger partial charge < -0.3 is 14.2 Å². The van der Waals surface area contributed by atoms with Crippen LogP contribution >= 0.6 is 0 Å². The fraction of sp³-hybridized carbons (Fsp3) is 0.125. The van der Waals surface area contributed by atoms with Gasteiger partial charge in [0.2, 0.25) is 0 Å². The second-order valence-corrected chi connectivity index (χ2v) is 4.69. The highest BCUT2D eigenvalue weighted by atomic mass is 16.5. The highest BCUT2D eigenvalue weighted by Crippen LogP contribution is 2.17. The highest BCUT2D eigenvalue weighted by molar-refractivity contribution is 5.96. The molecular formula is C16H14N2O3. The lowest BCUT2D eigenvalue weighted by molar-refractivity contribution is 0.0602. The van der Waals surface area contributed by atoms with Crippen molar-refractivity contribution in [1.82, 2.24) is 9.38 Å². The van der Waals surface area contributed by atoms with E-state index in [1.54, 1.807) is 30.5 Å². The summed E-state index contributed by atoms with van der Waals surface area (Å²) in [5.74, 6) is 0.679. The number of carbonyl (C=O) groups is 1. The molecular weight excluding hydrogens is 268 g/mol. The monoisotopic (exact) mass is 282 g/mol. The minimum absolute atomic E-state index is 0.236. The first-order valence-corrected chi connectivity index (χ1v) is 6.50. The summed E-state index contributed by atoms with van der Waals surface area (Å²) in [4.78, 5) is 16.1. The van der Waals surface area contributed by atoms with Gasteiger partial charge in [0, 0.05) is 12.6 Å². The van der Waals surface area contributed by atoms with E-state index in [1.165, 1.54) is 7.11 Å². The lowest BCUT2D eigenvalue weighted by Crippen LogP contribution is -2.04. The Kier molecular flexibility index (Phi) is 3.31. The van der Waals surface area contributed by atoms with Crippen molar-refractivity contribution in [3.05, 3.63) is 65.7 Å². The van der Waals surface area contributed by atoms with E-state index >= 15 is 0 Å². The van der Waals surface area contributed by atoms with Crippen LogP contribution in [-0.4, -0.2) is 27.6 Å². The molecule has 3 aromatic rings. The van der Waals surface area contributed by atoms with Gasteiger partial charge in [-0.25, -0.2) is 9.78 Å². The Hall–Kier alpha value is -2.82. The topological polar surface area (TPSA) is 63.8 Å². The van der Waals surface area contributed by atoms with Gasteiger partial charge in [0.1, 0.15) is 11.6 Å². The molecule has 0 saturated carbocycles. The number of aromatic nitrogens is 2. The van der Waals surface area contributed by atoms with Gasteiger partial charge in [-0.1, -0.05) is 12.1 Å². The number of esters is 1. The average Bonchev–Trinajstić information content (AvgIpc) is 2.92. The summed E-state index contributed by atoms with van der Waals surface area (Å²) in [5.41, 5.74) is 2.24. The van der Waals surface area contributed by atoms with Crippen LogP contribution in [0.1, 0.15) is 21.7 Å². The van der Waals surface area contributed by atoms with Crippen molar-refractivity contribution < 1.29 is 14.6 Å². The molecule has 106 valence electrons. The van der Waals surface area contributed by atoms with E-state index in [9.17, 15) is 9.90 Å². The van der Waals surface area contributed by atoms with Crippen LogP contribution in [0.15, 0.2) is 48.8 Å². The molecule has 3 rings (SSSR count). The van der Waals surface area contributed by atoms with Gasteiger partial charge in [0.15, 0.2) is 0 Å². The van der Waals surface area contributed by atoms with E-state index in [0.717, 1.165) is 16.9 Å². The number of hydrogen-bond acceptors (Lipinski definition) is 4. The number of aromatic hydroxyl groups is 1. The predicted molar refractivity (Wildman–Crippen MR) is 77.4 cm³/mol. The first-order valence-electron chi connectivity index (χ1n) is 6.50. The van der Waals surface area contributed by atoms with E-state index in [0.29, 0.717) is 12.0 Å². The Morgan fingerprint density at radius 2 is 2.05 bits per heavy atom. The number of pyridine rings is 1. The second-order valence-electron chi connectivity index (χ2n) is 4.69. The predicted octanol–water partition coefficient (Wildman–Crippen LogP) is 2.42. The molecule has 0 saturated heterocycles. The van der Waals surface area contributed by atoms with Crippen molar-refractivity contribution in [1.29, 1.82) is 0 Å². The van der Waals surface area contributed by atoms with Gasteiger partial charge in [0.05, 0.1) is 24.4 Å². The van der Waals surface area contributed by atoms with Gasteiger partial charge in [-0.05, 0) is 29.8 Å². The molecule has 0 unspecified atom stereocenters. The summed E-state index contributed by atoms with van der Waals surface area (Å²) < 4.78 is 6.65. The van der Waals surface area contributed by atoms with Gasteiger partial charge in [-0.15, -0.1) is 0 Å². The van der Waals surface area contributed by atoms with E-state index in [2.05, 4.69) is 4.98 Å². The molecule has 0 aliphatic rings. The summed E-state index contributed by atoms with van der Waals surface area (Å²) in [6.07, 6.45) is 4.14. The number of benzene rings is 1. The maximum absolute atomic E-state index is 11.7. The van der Waals surface area contributed by atoms with Crippen LogP contribution in [0.4, 0.5) is 0 Å². The third kappa shape index (κ3) is 2.45. The molecule has 1 aromatic carbocycles. The number of phenolic OH excluding ortho intramolecular Hbond substituents is 1. The third-order valence-electron chi connectivity index (χ3n) is 3.35. The quantitative estimate of drug-likeness (QED) is 0.749. The normalized spacial score (nSPS) is 10.7. The lowest BCUT2D eigenvalue weighted by atomic mass is 10.1. The minimum atomic E-state index is -0.378. The summed E-state index contributed by atoms with van der Waals surface area (Å²) in [7, 11) is 1.36. The van der Waals surface area contributed by atoms with Crippen molar-refractivity contribution in [3.63, 3.8) is 0 Å². The van der Waals surface area contributed by atoms with E-state index in [4.69, 9.17) is 4.74 Å². The van der Waals surface area contributed by atoms with Crippen molar-refractivity contribution in [2.45, 2.75) is 6.42 Å². The zero-order chi connectivity index (χ0) is 14.8. The minimum Gasteiger partial charge on any atom is -0.508 e. The van der Waals surface area contributed by atoms with Crippen LogP contribution in [0.25, 0.3) is 5.52 Å². The van der Waals surface area contributed by atoms with Crippen LogP contribution in [0.2, 0.25) is 0 Å². The lowest BCUT2D eigenvalue weighted by Gasteiger charge is -2.05. The number of rotatable bonds is 3. The van der Waals surface area contributed by atoms with Crippen molar-refractivity contribution in [2.24, 2.45) is 0 Å². The molecule has 5 heteroatoms. The van der Waals surface area contributed by atoms with Crippen LogP contribution in [-0.2, 0) is 11.2 Å². The first-order chi connectivity index (χ1) is 10.2. The number of imidazole rings is 1. The largest absolute Gasteiger partial charge is 0.508 e. The van der Waals surface area contributed by atoms with Gasteiger partial charge in [-0.2, -0.15) is 0 Å².